The van der Waals surface area contributed by atoms with E-state index in [2.05, 4.69) is 25.3 Å². The van der Waals surface area contributed by atoms with Gasteiger partial charge in [0.2, 0.25) is 15.8 Å². The monoisotopic (exact) mass is 599 g/mol. The first-order valence-corrected chi connectivity index (χ1v) is 13.8. The third kappa shape index (κ3) is 4.85. The fraction of sp³-hybridized carbons (Fsp3) is 0.417. The van der Waals surface area contributed by atoms with Crippen LogP contribution in [0.1, 0.15) is 39.4 Å². The molecule has 0 atom stereocenters. The first-order valence-electron chi connectivity index (χ1n) is 11.0. The van der Waals surface area contributed by atoms with Crippen molar-refractivity contribution in [2.24, 2.45) is 5.92 Å². The minimum atomic E-state index is -3.99. The van der Waals surface area contributed by atoms with E-state index in [1.807, 2.05) is 0 Å². The van der Waals surface area contributed by atoms with Gasteiger partial charge in [-0.05, 0) is 65.6 Å². The highest BCUT2D eigenvalue weighted by Gasteiger charge is 2.27. The van der Waals surface area contributed by atoms with Crippen molar-refractivity contribution in [3.8, 4) is 0 Å². The maximum atomic E-state index is 13.8. The van der Waals surface area contributed by atoms with Gasteiger partial charge in [-0.2, -0.15) is 4.39 Å². The molecular weight excluding hydrogens is 572 g/mol. The molecule has 1 aliphatic rings. The molecule has 182 valence electrons. The Bertz CT molecular complexity index is 1410. The summed E-state index contributed by atoms with van der Waals surface area (Å²) < 4.78 is 49.9. The number of aromatic nitrogens is 3. The fourth-order valence-electron chi connectivity index (χ4n) is 4.21. The highest BCUT2D eigenvalue weighted by atomic mass is 127. The first kappa shape index (κ1) is 25.1. The van der Waals surface area contributed by atoms with E-state index in [4.69, 9.17) is 9.72 Å². The van der Waals surface area contributed by atoms with Crippen molar-refractivity contribution in [1.29, 1.82) is 0 Å². The summed E-state index contributed by atoms with van der Waals surface area (Å²) in [5, 5.41) is 0. The largest absolute Gasteiger partial charge is 0.381 e. The van der Waals surface area contributed by atoms with Crippen molar-refractivity contribution in [2.75, 3.05) is 13.2 Å². The number of hydrogen-bond acceptors (Lipinski definition) is 5. The van der Waals surface area contributed by atoms with Crippen molar-refractivity contribution < 1.29 is 17.5 Å². The standard InChI is InChI=1S/C24H27FIN3O4S/c1-24(2,3)23-27-19-12-17(4-5-20(19)29(23)15-16-7-10-33-11-8-16)34(31,32)18-6-9-28(21(25)14-26)22(30)13-18/h4-6,9,12-14,16H,7-8,10-11,15H2,1-3H3/b21-14-. The number of halogens is 2. The highest BCUT2D eigenvalue weighted by Crippen LogP contribution is 2.31. The number of imidazole rings is 1. The predicted molar refractivity (Wildman–Crippen MR) is 138 cm³/mol. The predicted octanol–water partition coefficient (Wildman–Crippen LogP) is 4.92. The molecule has 34 heavy (non-hydrogen) atoms. The van der Waals surface area contributed by atoms with E-state index in [1.165, 1.54) is 6.07 Å². The molecule has 0 N–H and O–H groups in total. The van der Waals surface area contributed by atoms with E-state index in [9.17, 15) is 17.6 Å². The molecule has 0 unspecified atom stereocenters. The van der Waals surface area contributed by atoms with Crippen LogP contribution in [0.25, 0.3) is 17.0 Å². The van der Waals surface area contributed by atoms with Crippen LogP contribution in [0.4, 0.5) is 4.39 Å². The molecule has 2 aromatic heterocycles. The quantitative estimate of drug-likeness (QED) is 0.389. The molecule has 0 saturated carbocycles. The zero-order valence-electron chi connectivity index (χ0n) is 19.3. The van der Waals surface area contributed by atoms with E-state index >= 15 is 0 Å². The van der Waals surface area contributed by atoms with Crippen LogP contribution in [-0.4, -0.2) is 35.7 Å². The van der Waals surface area contributed by atoms with Crippen LogP contribution in [0.2, 0.25) is 0 Å². The lowest BCUT2D eigenvalue weighted by molar-refractivity contribution is 0.0611. The van der Waals surface area contributed by atoms with Crippen LogP contribution in [0.5, 0.6) is 0 Å². The van der Waals surface area contributed by atoms with E-state index in [0.717, 1.165) is 64.9 Å². The van der Waals surface area contributed by atoms with Gasteiger partial charge in [-0.25, -0.2) is 13.4 Å². The molecule has 1 aliphatic heterocycles. The molecule has 7 nitrogen and oxygen atoms in total. The van der Waals surface area contributed by atoms with Crippen molar-refractivity contribution in [3.05, 3.63) is 56.8 Å². The van der Waals surface area contributed by atoms with Crippen LogP contribution in [-0.2, 0) is 26.5 Å². The van der Waals surface area contributed by atoms with Crippen molar-refractivity contribution in [2.45, 2.75) is 55.4 Å². The van der Waals surface area contributed by atoms with E-state index in [1.54, 1.807) is 40.8 Å². The van der Waals surface area contributed by atoms with Crippen molar-refractivity contribution in [3.63, 3.8) is 0 Å². The van der Waals surface area contributed by atoms with Gasteiger partial charge in [-0.1, -0.05) is 20.8 Å². The van der Waals surface area contributed by atoms with Gasteiger partial charge in [-0.15, -0.1) is 0 Å². The summed E-state index contributed by atoms with van der Waals surface area (Å²) in [6.45, 7) is 8.56. The smallest absolute Gasteiger partial charge is 0.258 e. The second-order valence-corrected chi connectivity index (χ2v) is 12.1. The molecule has 4 rings (SSSR count). The van der Waals surface area contributed by atoms with Gasteiger partial charge >= 0.3 is 0 Å². The third-order valence-electron chi connectivity index (χ3n) is 6.00. The number of hydrogen-bond donors (Lipinski definition) is 0. The van der Waals surface area contributed by atoms with Crippen LogP contribution in [0, 0.1) is 5.92 Å². The lowest BCUT2D eigenvalue weighted by Crippen LogP contribution is -2.25. The molecule has 0 bridgehead atoms. The van der Waals surface area contributed by atoms with Gasteiger partial charge in [0.15, 0.2) is 0 Å². The van der Waals surface area contributed by atoms with Gasteiger partial charge in [0.05, 0.1) is 20.8 Å². The second kappa shape index (κ2) is 9.54. The number of ether oxygens (including phenoxy) is 1. The van der Waals surface area contributed by atoms with Gasteiger partial charge < -0.3 is 9.30 Å². The van der Waals surface area contributed by atoms with Gasteiger partial charge in [0, 0.05) is 41.5 Å². The molecule has 0 amide bonds. The minimum absolute atomic E-state index is 0.0400. The molecule has 0 radical (unpaired) electrons. The molecule has 3 heterocycles. The third-order valence-corrected chi connectivity index (χ3v) is 8.27. The number of nitrogens with zero attached hydrogens (tertiary/aromatic N) is 3. The molecule has 10 heteroatoms. The molecule has 0 aliphatic carbocycles. The first-order chi connectivity index (χ1) is 16.0. The average Bonchev–Trinajstić information content (AvgIpc) is 3.17. The number of sulfone groups is 1. The Kier molecular flexibility index (Phi) is 7.03. The molecular formula is C24H27FIN3O4S. The Hall–Kier alpha value is -2.05. The van der Waals surface area contributed by atoms with Gasteiger partial charge in [0.25, 0.3) is 5.56 Å². The summed E-state index contributed by atoms with van der Waals surface area (Å²) in [5.41, 5.74) is 0.470. The molecule has 1 fully saturated rings. The highest BCUT2D eigenvalue weighted by molar-refractivity contribution is 14.1. The van der Waals surface area contributed by atoms with E-state index in [0.29, 0.717) is 11.4 Å². The molecule has 1 saturated heterocycles. The summed E-state index contributed by atoms with van der Waals surface area (Å²) in [5.74, 6) is 0.590. The maximum absolute atomic E-state index is 13.8. The Morgan fingerprint density at radius 1 is 1.21 bits per heavy atom. The van der Waals surface area contributed by atoms with E-state index in [-0.39, 0.29) is 15.2 Å². The molecule has 0 spiro atoms. The topological polar surface area (TPSA) is 83.2 Å². The normalized spacial score (nSPS) is 16.3. The fourth-order valence-corrected chi connectivity index (χ4v) is 5.80. The number of pyridine rings is 1. The number of benzene rings is 1. The lowest BCUT2D eigenvalue weighted by atomic mass is 9.94. The van der Waals surface area contributed by atoms with Gasteiger partial charge in [-0.3, -0.25) is 9.36 Å². The number of rotatable bonds is 5. The Balaban J connectivity index is 1.77. The number of fused-ring (bicyclic) bond motifs is 1. The Morgan fingerprint density at radius 3 is 2.50 bits per heavy atom. The van der Waals surface area contributed by atoms with Crippen LogP contribution in [0.3, 0.4) is 0 Å². The second-order valence-electron chi connectivity index (χ2n) is 9.51. The summed E-state index contributed by atoms with van der Waals surface area (Å²) >= 11 is 1.67. The van der Waals surface area contributed by atoms with E-state index < -0.39 is 21.3 Å². The van der Waals surface area contributed by atoms with Gasteiger partial charge in [0.1, 0.15) is 5.82 Å². The Labute approximate surface area is 211 Å². The zero-order chi connectivity index (χ0) is 24.7. The van der Waals surface area contributed by atoms with Crippen LogP contribution in [0.15, 0.2) is 55.2 Å². The van der Waals surface area contributed by atoms with Crippen molar-refractivity contribution in [1.82, 2.24) is 14.1 Å². The van der Waals surface area contributed by atoms with Crippen molar-refractivity contribution >= 4 is 49.4 Å². The Morgan fingerprint density at radius 2 is 1.88 bits per heavy atom. The summed E-state index contributed by atoms with van der Waals surface area (Å²) in [6, 6.07) is 7.04. The summed E-state index contributed by atoms with van der Waals surface area (Å²) in [6.07, 6.45) is 3.09. The maximum Gasteiger partial charge on any atom is 0.258 e. The molecule has 1 aromatic carbocycles. The zero-order valence-corrected chi connectivity index (χ0v) is 22.3. The van der Waals surface area contributed by atoms with Crippen LogP contribution >= 0.6 is 22.6 Å². The van der Waals surface area contributed by atoms with Crippen LogP contribution < -0.4 is 5.56 Å². The minimum Gasteiger partial charge on any atom is -0.381 e. The SMILES string of the molecule is CC(C)(C)c1nc2cc(S(=O)(=O)c3ccn(/C(F)=C\I)c(=O)c3)ccc2n1CC1CCOCC1. The summed E-state index contributed by atoms with van der Waals surface area (Å²) in [4.78, 5) is 16.9. The summed E-state index contributed by atoms with van der Waals surface area (Å²) in [7, 11) is -3.99. The average molecular weight is 599 g/mol. The molecule has 3 aromatic rings. The lowest BCUT2D eigenvalue weighted by Gasteiger charge is -2.26.